The number of urea groups is 1. The van der Waals surface area contributed by atoms with Crippen molar-refractivity contribution in [2.24, 2.45) is 4.99 Å². The molecule has 0 bridgehead atoms. The van der Waals surface area contributed by atoms with Crippen molar-refractivity contribution >= 4 is 35.2 Å². The maximum absolute atomic E-state index is 12.4. The van der Waals surface area contributed by atoms with E-state index in [1.54, 1.807) is 30.3 Å². The Labute approximate surface area is 209 Å². The minimum absolute atomic E-state index is 0.182. The number of hydrogen-bond donors (Lipinski definition) is 3. The third kappa shape index (κ3) is 5.88. The van der Waals surface area contributed by atoms with Crippen molar-refractivity contribution in [1.29, 1.82) is 0 Å². The van der Waals surface area contributed by atoms with Gasteiger partial charge in [-0.3, -0.25) is 0 Å². The number of aryl methyl sites for hydroxylation is 3. The van der Waals surface area contributed by atoms with Gasteiger partial charge >= 0.3 is 6.03 Å². The van der Waals surface area contributed by atoms with Crippen molar-refractivity contribution in [3.8, 4) is 22.8 Å². The molecule has 0 aliphatic carbocycles. The van der Waals surface area contributed by atoms with E-state index in [4.69, 9.17) is 4.74 Å². The van der Waals surface area contributed by atoms with E-state index < -0.39 is 6.03 Å². The molecule has 0 saturated carbocycles. The second kappa shape index (κ2) is 10.4. The maximum Gasteiger partial charge on any atom is 0.347 e. The number of methoxy groups -OCH3 is 1. The van der Waals surface area contributed by atoms with E-state index in [9.17, 15) is 4.79 Å². The fourth-order valence-corrected chi connectivity index (χ4v) is 3.75. The summed E-state index contributed by atoms with van der Waals surface area (Å²) in [6.07, 6.45) is 1.68. The van der Waals surface area contributed by atoms with Gasteiger partial charge in [-0.15, -0.1) is 17.7 Å². The fourth-order valence-electron chi connectivity index (χ4n) is 3.55. The number of carbonyl (C=O) groups is 1. The highest BCUT2D eigenvalue weighted by Gasteiger charge is 2.10. The topological polar surface area (TPSA) is 93.4 Å². The third-order valence-corrected chi connectivity index (χ3v) is 5.58. The Kier molecular flexibility index (Phi) is 7.17. The Morgan fingerprint density at radius 2 is 1.63 bits per heavy atom. The van der Waals surface area contributed by atoms with Crippen LogP contribution in [0.2, 0.25) is 0 Å². The lowest BCUT2D eigenvalue weighted by Gasteiger charge is -2.13. The first-order valence-electron chi connectivity index (χ1n) is 10.9. The maximum atomic E-state index is 12.4. The summed E-state index contributed by atoms with van der Waals surface area (Å²) >= 11 is 4.32. The molecule has 0 atom stereocenters. The molecular weight excluding hydrogens is 460 g/mol. The van der Waals surface area contributed by atoms with Gasteiger partial charge in [0.1, 0.15) is 12.1 Å². The van der Waals surface area contributed by atoms with E-state index in [1.165, 1.54) is 5.56 Å². The van der Waals surface area contributed by atoms with Gasteiger partial charge in [-0.25, -0.2) is 14.5 Å². The van der Waals surface area contributed by atoms with Gasteiger partial charge in [0.2, 0.25) is 0 Å². The first-order chi connectivity index (χ1) is 16.8. The second-order valence-corrected chi connectivity index (χ2v) is 8.48. The van der Waals surface area contributed by atoms with E-state index in [0.29, 0.717) is 11.5 Å². The molecule has 1 heterocycles. The number of nitrogens with zero attached hydrogens (tertiary/aromatic N) is 4. The van der Waals surface area contributed by atoms with Gasteiger partial charge in [0.15, 0.2) is 11.0 Å². The van der Waals surface area contributed by atoms with Crippen molar-refractivity contribution < 1.29 is 9.53 Å². The van der Waals surface area contributed by atoms with Crippen LogP contribution in [0.15, 0.2) is 72.0 Å². The molecule has 0 aliphatic heterocycles. The average Bonchev–Trinajstić information content (AvgIpc) is 3.32. The summed E-state index contributed by atoms with van der Waals surface area (Å²) in [7, 11) is 1.62. The molecule has 9 heteroatoms. The van der Waals surface area contributed by atoms with Gasteiger partial charge in [-0.2, -0.15) is 4.99 Å². The van der Waals surface area contributed by atoms with E-state index in [1.807, 2.05) is 69.3 Å². The summed E-state index contributed by atoms with van der Waals surface area (Å²) < 4.78 is 7.01. The van der Waals surface area contributed by atoms with Gasteiger partial charge in [0.25, 0.3) is 0 Å². The van der Waals surface area contributed by atoms with E-state index >= 15 is 0 Å². The fraction of sp³-hybridized carbons (Fsp3) is 0.154. The standard InChI is InChI=1S/C26H26N6O2S/c1-16-5-11-21(12-6-16)32-15-27-24(31-32)19-7-9-20(10-8-19)28-25(33)30-26(35)29-23-17(2)13-22(34-4)14-18(23)3/h5-15H,1-4H3,(H3,28,29,30,33,35). The van der Waals surface area contributed by atoms with Crippen LogP contribution < -0.4 is 15.4 Å². The number of hydrogen-bond acceptors (Lipinski definition) is 4. The molecule has 0 unspecified atom stereocenters. The molecule has 8 nitrogen and oxygen atoms in total. The van der Waals surface area contributed by atoms with Crippen molar-refractivity contribution in [3.63, 3.8) is 0 Å². The second-order valence-electron chi connectivity index (χ2n) is 8.05. The molecule has 1 aromatic heterocycles. The number of benzene rings is 3. The molecule has 2 N–H and O–H groups in total. The Bertz CT molecular complexity index is 1350. The molecule has 0 fully saturated rings. The normalized spacial score (nSPS) is 11.3. The number of ether oxygens (including phenoxy) is 1. The van der Waals surface area contributed by atoms with Crippen LogP contribution in [0.4, 0.5) is 16.2 Å². The number of thiol groups is 1. The summed E-state index contributed by atoms with van der Waals surface area (Å²) in [6, 6.07) is 18.6. The summed E-state index contributed by atoms with van der Waals surface area (Å²) in [6.45, 7) is 5.93. The molecule has 4 aromatic rings. The van der Waals surface area contributed by atoms with Crippen molar-refractivity contribution in [2.75, 3.05) is 17.7 Å². The Balaban J connectivity index is 1.40. The lowest BCUT2D eigenvalue weighted by Crippen LogP contribution is -2.14. The smallest absolute Gasteiger partial charge is 0.347 e. The van der Waals surface area contributed by atoms with Crippen molar-refractivity contribution in [2.45, 2.75) is 20.8 Å². The summed E-state index contributed by atoms with van der Waals surface area (Å²) in [5, 5.41) is 10.5. The number of anilines is 2. The monoisotopic (exact) mass is 486 g/mol. The highest BCUT2D eigenvalue weighted by Crippen LogP contribution is 2.26. The van der Waals surface area contributed by atoms with Crippen LogP contribution in [0.25, 0.3) is 17.1 Å². The molecule has 2 amide bonds. The molecule has 4 rings (SSSR count). The lowest BCUT2D eigenvalue weighted by atomic mass is 10.1. The Morgan fingerprint density at radius 3 is 2.26 bits per heavy atom. The minimum atomic E-state index is -0.541. The van der Waals surface area contributed by atoms with Crippen LogP contribution >= 0.6 is 12.6 Å². The number of amidine groups is 1. The predicted molar refractivity (Wildman–Crippen MR) is 143 cm³/mol. The number of rotatable bonds is 5. The largest absolute Gasteiger partial charge is 0.497 e. The van der Waals surface area contributed by atoms with E-state index in [-0.39, 0.29) is 5.17 Å². The Hall–Kier alpha value is -4.11. The van der Waals surface area contributed by atoms with Crippen LogP contribution in [-0.2, 0) is 0 Å². The Morgan fingerprint density at radius 1 is 0.971 bits per heavy atom. The first kappa shape index (κ1) is 24.0. The molecule has 0 spiro atoms. The highest BCUT2D eigenvalue weighted by molar-refractivity contribution is 7.97. The quantitative estimate of drug-likeness (QED) is 0.188. The third-order valence-electron chi connectivity index (χ3n) is 5.37. The van der Waals surface area contributed by atoms with Gasteiger partial charge in [0, 0.05) is 16.9 Å². The summed E-state index contributed by atoms with van der Waals surface area (Å²) in [5.41, 5.74) is 6.29. The molecule has 0 radical (unpaired) electrons. The zero-order valence-electron chi connectivity index (χ0n) is 19.9. The number of nitrogens with one attached hydrogen (secondary N) is 2. The SMILES string of the molecule is COc1cc(C)c(N/C(S)=N/C(=O)Nc2ccc(-c3ncn(-c4ccc(C)cc4)n3)cc2)c(C)c1. The summed E-state index contributed by atoms with van der Waals surface area (Å²) in [5.74, 6) is 1.36. The zero-order chi connectivity index (χ0) is 24.9. The molecule has 0 aliphatic rings. The molecule has 0 saturated heterocycles. The predicted octanol–water partition coefficient (Wildman–Crippen LogP) is 5.80. The van der Waals surface area contributed by atoms with Crippen LogP contribution in [0.5, 0.6) is 5.75 Å². The van der Waals surface area contributed by atoms with E-state index in [0.717, 1.165) is 33.8 Å². The van der Waals surface area contributed by atoms with Crippen LogP contribution in [0.3, 0.4) is 0 Å². The van der Waals surface area contributed by atoms with Gasteiger partial charge < -0.3 is 15.4 Å². The van der Waals surface area contributed by atoms with E-state index in [2.05, 4.69) is 38.3 Å². The van der Waals surface area contributed by atoms with Crippen LogP contribution in [0, 0.1) is 20.8 Å². The molecular formula is C26H26N6O2S. The number of aromatic nitrogens is 3. The number of carbonyl (C=O) groups excluding carboxylic acids is 1. The van der Waals surface area contributed by atoms with Crippen LogP contribution in [-0.4, -0.2) is 33.1 Å². The van der Waals surface area contributed by atoms with Gasteiger partial charge in [-0.1, -0.05) is 17.7 Å². The van der Waals surface area contributed by atoms with Gasteiger partial charge in [0.05, 0.1) is 12.8 Å². The summed E-state index contributed by atoms with van der Waals surface area (Å²) in [4.78, 5) is 20.8. The lowest BCUT2D eigenvalue weighted by molar-refractivity contribution is 0.259. The first-order valence-corrected chi connectivity index (χ1v) is 11.4. The van der Waals surface area contributed by atoms with Crippen LogP contribution in [0.1, 0.15) is 16.7 Å². The van der Waals surface area contributed by atoms with Gasteiger partial charge in [-0.05, 0) is 80.4 Å². The average molecular weight is 487 g/mol. The van der Waals surface area contributed by atoms with Crippen molar-refractivity contribution in [1.82, 2.24) is 14.8 Å². The molecule has 178 valence electrons. The zero-order valence-corrected chi connectivity index (χ0v) is 20.8. The van der Waals surface area contributed by atoms with Crippen molar-refractivity contribution in [3.05, 3.63) is 83.7 Å². The number of aliphatic imine (C=N–C) groups is 1. The number of amides is 2. The highest BCUT2D eigenvalue weighted by atomic mass is 32.1. The molecule has 35 heavy (non-hydrogen) atoms. The minimum Gasteiger partial charge on any atom is -0.497 e. The molecule has 3 aromatic carbocycles.